The predicted molar refractivity (Wildman–Crippen MR) is 79.9 cm³/mol. The van der Waals surface area contributed by atoms with Gasteiger partial charge in [-0.15, -0.1) is 11.3 Å². The molecule has 4 nitrogen and oxygen atoms in total. The average molecular weight is 290 g/mol. The van der Waals surface area contributed by atoms with Crippen LogP contribution in [0.15, 0.2) is 24.3 Å². The maximum atomic E-state index is 11.2. The van der Waals surface area contributed by atoms with Crippen molar-refractivity contribution in [3.05, 3.63) is 29.3 Å². The van der Waals surface area contributed by atoms with E-state index in [2.05, 4.69) is 22.9 Å². The number of rotatable bonds is 3. The lowest BCUT2D eigenvalue weighted by Gasteiger charge is -2.21. The summed E-state index contributed by atoms with van der Waals surface area (Å²) in [7, 11) is 0. The molecular formula is C15H18N2O2S. The van der Waals surface area contributed by atoms with Crippen molar-refractivity contribution in [2.75, 3.05) is 13.1 Å². The van der Waals surface area contributed by atoms with Gasteiger partial charge in [0, 0.05) is 13.1 Å². The number of carboxylic acid groups (broad SMARTS) is 1. The number of fused-ring (bicyclic) bond motifs is 1. The number of aromatic nitrogens is 1. The predicted octanol–water partition coefficient (Wildman–Crippen LogP) is 3.01. The van der Waals surface area contributed by atoms with Crippen molar-refractivity contribution in [1.82, 2.24) is 9.88 Å². The van der Waals surface area contributed by atoms with Crippen LogP contribution in [-0.2, 0) is 4.79 Å². The maximum Gasteiger partial charge on any atom is 0.308 e. The zero-order chi connectivity index (χ0) is 14.3. The van der Waals surface area contributed by atoms with Gasteiger partial charge >= 0.3 is 5.97 Å². The number of hydrogen-bond acceptors (Lipinski definition) is 4. The van der Waals surface area contributed by atoms with E-state index in [1.807, 2.05) is 25.1 Å². The number of carbonyl (C=O) groups is 1. The second kappa shape index (κ2) is 5.14. The molecule has 0 saturated carbocycles. The minimum Gasteiger partial charge on any atom is -0.481 e. The van der Waals surface area contributed by atoms with E-state index in [4.69, 9.17) is 0 Å². The Hall–Kier alpha value is -1.46. The summed E-state index contributed by atoms with van der Waals surface area (Å²) in [6.45, 7) is 5.58. The average Bonchev–Trinajstić information content (AvgIpc) is 3.01. The fourth-order valence-corrected chi connectivity index (χ4v) is 3.92. The zero-order valence-corrected chi connectivity index (χ0v) is 12.4. The first-order valence-electron chi connectivity index (χ1n) is 6.88. The van der Waals surface area contributed by atoms with Crippen LogP contribution >= 0.6 is 11.3 Å². The topological polar surface area (TPSA) is 53.4 Å². The van der Waals surface area contributed by atoms with Crippen molar-refractivity contribution in [3.8, 4) is 0 Å². The minimum absolute atomic E-state index is 0.180. The molecule has 1 aliphatic rings. The molecule has 0 bridgehead atoms. The minimum atomic E-state index is -0.684. The Labute approximate surface area is 122 Å². The number of carboxylic acids is 1. The van der Waals surface area contributed by atoms with E-state index < -0.39 is 5.97 Å². The second-order valence-corrected chi connectivity index (χ2v) is 6.63. The zero-order valence-electron chi connectivity index (χ0n) is 11.6. The van der Waals surface area contributed by atoms with Crippen molar-refractivity contribution < 1.29 is 9.90 Å². The fraction of sp³-hybridized carbons (Fsp3) is 0.467. The van der Waals surface area contributed by atoms with Crippen LogP contribution in [-0.4, -0.2) is 34.0 Å². The molecule has 0 radical (unpaired) electrons. The first-order valence-corrected chi connectivity index (χ1v) is 7.70. The lowest BCUT2D eigenvalue weighted by atomic mass is 9.99. The van der Waals surface area contributed by atoms with Crippen LogP contribution in [0, 0.1) is 11.8 Å². The first kappa shape index (κ1) is 13.5. The van der Waals surface area contributed by atoms with E-state index >= 15 is 0 Å². The third kappa shape index (κ3) is 2.31. The molecule has 0 amide bonds. The fourth-order valence-electron chi connectivity index (χ4n) is 2.87. The van der Waals surface area contributed by atoms with Gasteiger partial charge in [0.05, 0.1) is 22.2 Å². The molecule has 1 fully saturated rings. The molecule has 2 heterocycles. The van der Waals surface area contributed by atoms with Gasteiger partial charge in [0.25, 0.3) is 0 Å². The summed E-state index contributed by atoms with van der Waals surface area (Å²) in [4.78, 5) is 18.1. The Kier molecular flexibility index (Phi) is 3.48. The van der Waals surface area contributed by atoms with Crippen LogP contribution in [0.5, 0.6) is 0 Å². The Morgan fingerprint density at radius 2 is 2.20 bits per heavy atom. The quantitative estimate of drug-likeness (QED) is 0.944. The van der Waals surface area contributed by atoms with Crippen molar-refractivity contribution in [2.24, 2.45) is 11.8 Å². The van der Waals surface area contributed by atoms with Gasteiger partial charge in [-0.3, -0.25) is 9.69 Å². The molecule has 3 atom stereocenters. The Bertz CT molecular complexity index is 607. The van der Waals surface area contributed by atoms with Gasteiger partial charge < -0.3 is 5.11 Å². The lowest BCUT2D eigenvalue weighted by molar-refractivity contribution is -0.142. The molecule has 5 heteroatoms. The van der Waals surface area contributed by atoms with Gasteiger partial charge in [0.15, 0.2) is 0 Å². The van der Waals surface area contributed by atoms with Crippen molar-refractivity contribution in [2.45, 2.75) is 19.9 Å². The van der Waals surface area contributed by atoms with E-state index in [1.54, 1.807) is 11.3 Å². The number of aliphatic carboxylic acids is 1. The Balaban J connectivity index is 1.82. The summed E-state index contributed by atoms with van der Waals surface area (Å²) in [5.74, 6) is -0.743. The highest BCUT2D eigenvalue weighted by molar-refractivity contribution is 7.18. The smallest absolute Gasteiger partial charge is 0.308 e. The molecule has 2 aromatic rings. The van der Waals surface area contributed by atoms with Crippen molar-refractivity contribution in [3.63, 3.8) is 0 Å². The van der Waals surface area contributed by atoms with Crippen LogP contribution in [0.4, 0.5) is 0 Å². The van der Waals surface area contributed by atoms with E-state index in [0.717, 1.165) is 17.1 Å². The molecule has 1 aromatic carbocycles. The standard InChI is InChI=1S/C15H18N2O2S/c1-9-7-17(8-11(9)15(18)19)10(2)14-16-12-5-3-4-6-13(12)20-14/h3-6,9-11H,7-8H2,1-2H3,(H,18,19). The van der Waals surface area contributed by atoms with Crippen molar-refractivity contribution in [1.29, 1.82) is 0 Å². The van der Waals surface area contributed by atoms with E-state index in [-0.39, 0.29) is 17.9 Å². The number of benzene rings is 1. The molecule has 1 aliphatic heterocycles. The monoisotopic (exact) mass is 290 g/mol. The summed E-state index contributed by atoms with van der Waals surface area (Å²) >= 11 is 1.70. The Morgan fingerprint density at radius 1 is 1.45 bits per heavy atom. The van der Waals surface area contributed by atoms with E-state index in [0.29, 0.717) is 6.54 Å². The summed E-state index contributed by atoms with van der Waals surface area (Å²) in [6, 6.07) is 8.30. The molecule has 3 rings (SSSR count). The first-order chi connectivity index (χ1) is 9.56. The summed E-state index contributed by atoms with van der Waals surface area (Å²) in [5.41, 5.74) is 1.03. The number of likely N-dealkylation sites (tertiary alicyclic amines) is 1. The molecule has 106 valence electrons. The second-order valence-electron chi connectivity index (χ2n) is 5.57. The molecule has 0 aliphatic carbocycles. The molecule has 3 unspecified atom stereocenters. The molecule has 0 spiro atoms. The molecule has 1 N–H and O–H groups in total. The molecule has 1 aromatic heterocycles. The summed E-state index contributed by atoms with van der Waals surface area (Å²) < 4.78 is 1.19. The molecular weight excluding hydrogens is 272 g/mol. The molecule has 1 saturated heterocycles. The number of hydrogen-bond donors (Lipinski definition) is 1. The van der Waals surface area contributed by atoms with Gasteiger partial charge in [-0.25, -0.2) is 4.98 Å². The van der Waals surface area contributed by atoms with Crippen molar-refractivity contribution >= 4 is 27.5 Å². The highest BCUT2D eigenvalue weighted by Crippen LogP contribution is 2.34. The third-order valence-corrected chi connectivity index (χ3v) is 5.38. The van der Waals surface area contributed by atoms with Crippen LogP contribution < -0.4 is 0 Å². The van der Waals surface area contributed by atoms with Crippen LogP contribution in [0.2, 0.25) is 0 Å². The van der Waals surface area contributed by atoms with Crippen LogP contribution in [0.1, 0.15) is 24.9 Å². The van der Waals surface area contributed by atoms with Gasteiger partial charge in [-0.2, -0.15) is 0 Å². The number of nitrogens with zero attached hydrogens (tertiary/aromatic N) is 2. The third-order valence-electron chi connectivity index (χ3n) is 4.17. The van der Waals surface area contributed by atoms with Gasteiger partial charge in [-0.05, 0) is 25.0 Å². The van der Waals surface area contributed by atoms with Gasteiger partial charge in [0.2, 0.25) is 0 Å². The number of para-hydroxylation sites is 1. The lowest BCUT2D eigenvalue weighted by Crippen LogP contribution is -2.26. The summed E-state index contributed by atoms with van der Waals surface area (Å²) in [5, 5.41) is 10.3. The van der Waals surface area contributed by atoms with Gasteiger partial charge in [0.1, 0.15) is 5.01 Å². The highest BCUT2D eigenvalue weighted by atomic mass is 32.1. The largest absolute Gasteiger partial charge is 0.481 e. The Morgan fingerprint density at radius 3 is 2.85 bits per heavy atom. The number of thiazole rings is 1. The summed E-state index contributed by atoms with van der Waals surface area (Å²) in [6.07, 6.45) is 0. The van der Waals surface area contributed by atoms with Crippen LogP contribution in [0.25, 0.3) is 10.2 Å². The van der Waals surface area contributed by atoms with Gasteiger partial charge in [-0.1, -0.05) is 19.1 Å². The van der Waals surface area contributed by atoms with E-state index in [9.17, 15) is 9.90 Å². The SMILES string of the molecule is CC1CN(C(C)c2nc3ccccc3s2)CC1C(=O)O. The molecule has 20 heavy (non-hydrogen) atoms. The highest BCUT2D eigenvalue weighted by Gasteiger charge is 2.37. The van der Waals surface area contributed by atoms with Crippen LogP contribution in [0.3, 0.4) is 0 Å². The maximum absolute atomic E-state index is 11.2. The normalized spacial score (nSPS) is 25.1. The van der Waals surface area contributed by atoms with E-state index in [1.165, 1.54) is 4.70 Å².